The molecule has 2 fully saturated rings. The number of hydrogen-bond donors (Lipinski definition) is 1. The molecule has 0 bridgehead atoms. The van der Waals surface area contributed by atoms with Gasteiger partial charge in [-0.25, -0.2) is 27.5 Å². The van der Waals surface area contributed by atoms with Crippen LogP contribution in [0.4, 0.5) is 29.2 Å². The van der Waals surface area contributed by atoms with Gasteiger partial charge in [0, 0.05) is 37.3 Å². The van der Waals surface area contributed by atoms with Gasteiger partial charge < -0.3 is 10.2 Å². The van der Waals surface area contributed by atoms with Gasteiger partial charge in [-0.2, -0.15) is 0 Å². The molecule has 0 atom stereocenters. The summed E-state index contributed by atoms with van der Waals surface area (Å²) in [6.45, 7) is 1.38. The van der Waals surface area contributed by atoms with Crippen LogP contribution in [0.15, 0.2) is 30.3 Å². The van der Waals surface area contributed by atoms with E-state index < -0.39 is 23.3 Å². The van der Waals surface area contributed by atoms with E-state index in [2.05, 4.69) is 20.2 Å². The smallest absolute Gasteiger partial charge is 0.172 e. The second-order valence-electron chi connectivity index (χ2n) is 8.44. The van der Waals surface area contributed by atoms with Gasteiger partial charge in [0.2, 0.25) is 0 Å². The fourth-order valence-electron chi connectivity index (χ4n) is 4.13. The monoisotopic (exact) mass is 430 g/mol. The maximum Gasteiger partial charge on any atom is 0.172 e. The normalized spacial score (nSPS) is 17.4. The minimum atomic E-state index is -0.948. The fourth-order valence-corrected chi connectivity index (χ4v) is 4.13. The molecule has 31 heavy (non-hydrogen) atoms. The minimum absolute atomic E-state index is 0.274. The molecule has 3 aromatic rings. The number of nitrogens with zero attached hydrogens (tertiary/aromatic N) is 3. The molecule has 1 saturated carbocycles. The molecule has 0 radical (unpaired) electrons. The van der Waals surface area contributed by atoms with Crippen molar-refractivity contribution < 1.29 is 17.6 Å². The first-order valence-corrected chi connectivity index (χ1v) is 10.6. The lowest BCUT2D eigenvalue weighted by atomic mass is 9.90. The summed E-state index contributed by atoms with van der Waals surface area (Å²) in [6.07, 6.45) is 4.28. The molecule has 1 aliphatic heterocycles. The van der Waals surface area contributed by atoms with Gasteiger partial charge in [-0.1, -0.05) is 6.07 Å². The van der Waals surface area contributed by atoms with Crippen LogP contribution in [0.3, 0.4) is 0 Å². The SMILES string of the molecule is Fc1ccc(CC2CCN(c3nc4cc(F)c(F)cc4nc3NC3CC3)CC2)c(F)c1. The standard InChI is InChI=1S/C23H22F4N4/c24-15-2-1-14(17(25)10-15)9-13-5-7-31(8-6-13)23-22(28-16-3-4-16)29-20-11-18(26)19(27)12-21(20)30-23/h1-2,10-13,16H,3-9H2,(H,28,29). The Kier molecular flexibility index (Phi) is 5.16. The van der Waals surface area contributed by atoms with E-state index >= 15 is 0 Å². The zero-order chi connectivity index (χ0) is 21.5. The van der Waals surface area contributed by atoms with Crippen LogP contribution in [0, 0.1) is 29.2 Å². The average molecular weight is 430 g/mol. The molecular weight excluding hydrogens is 408 g/mol. The van der Waals surface area contributed by atoms with E-state index in [1.54, 1.807) is 0 Å². The third kappa shape index (κ3) is 4.29. The third-order valence-electron chi connectivity index (χ3n) is 6.04. The molecule has 0 amide bonds. The number of anilines is 2. The van der Waals surface area contributed by atoms with Gasteiger partial charge in [0.05, 0.1) is 11.0 Å². The maximum atomic E-state index is 14.0. The van der Waals surface area contributed by atoms with Crippen LogP contribution in [0.5, 0.6) is 0 Å². The van der Waals surface area contributed by atoms with E-state index in [-0.39, 0.29) is 5.92 Å². The predicted octanol–water partition coefficient (Wildman–Crippen LogP) is 5.22. The van der Waals surface area contributed by atoms with Crippen LogP contribution < -0.4 is 10.2 Å². The van der Waals surface area contributed by atoms with Gasteiger partial charge in [-0.05, 0) is 49.7 Å². The Bertz CT molecular complexity index is 1120. The molecule has 0 spiro atoms. The molecule has 1 N–H and O–H groups in total. The lowest BCUT2D eigenvalue weighted by molar-refractivity contribution is 0.396. The topological polar surface area (TPSA) is 41.1 Å². The Labute approximate surface area is 177 Å². The minimum Gasteiger partial charge on any atom is -0.364 e. The Hall–Kier alpha value is -2.90. The maximum absolute atomic E-state index is 14.0. The number of rotatable bonds is 5. The molecule has 4 nitrogen and oxygen atoms in total. The van der Waals surface area contributed by atoms with Crippen LogP contribution in [-0.2, 0) is 6.42 Å². The Morgan fingerprint density at radius 2 is 1.52 bits per heavy atom. The van der Waals surface area contributed by atoms with Crippen molar-refractivity contribution in [3.8, 4) is 0 Å². The second-order valence-corrected chi connectivity index (χ2v) is 8.44. The first-order valence-electron chi connectivity index (χ1n) is 10.6. The number of hydrogen-bond acceptors (Lipinski definition) is 4. The van der Waals surface area contributed by atoms with Crippen LogP contribution in [-0.4, -0.2) is 29.1 Å². The van der Waals surface area contributed by atoms with E-state index in [1.807, 2.05) is 0 Å². The zero-order valence-electron chi connectivity index (χ0n) is 16.8. The van der Waals surface area contributed by atoms with Crippen molar-refractivity contribution in [3.05, 3.63) is 59.2 Å². The highest BCUT2D eigenvalue weighted by molar-refractivity contribution is 5.81. The third-order valence-corrected chi connectivity index (χ3v) is 6.04. The first-order chi connectivity index (χ1) is 15.0. The molecule has 2 aliphatic rings. The lowest BCUT2D eigenvalue weighted by Gasteiger charge is -2.34. The summed E-state index contributed by atoms with van der Waals surface area (Å²) in [6, 6.07) is 6.20. The number of benzene rings is 2. The van der Waals surface area contributed by atoms with Crippen molar-refractivity contribution in [2.45, 2.75) is 38.1 Å². The lowest BCUT2D eigenvalue weighted by Crippen LogP contribution is -2.35. The van der Waals surface area contributed by atoms with Crippen molar-refractivity contribution >= 4 is 22.7 Å². The molecule has 1 aliphatic carbocycles. The molecule has 0 unspecified atom stereocenters. The van der Waals surface area contributed by atoms with Gasteiger partial charge in [-0.15, -0.1) is 0 Å². The van der Waals surface area contributed by atoms with Crippen LogP contribution in [0.25, 0.3) is 11.0 Å². The number of nitrogens with one attached hydrogen (secondary N) is 1. The van der Waals surface area contributed by atoms with Gasteiger partial charge in [0.25, 0.3) is 0 Å². The number of piperidine rings is 1. The van der Waals surface area contributed by atoms with E-state index in [0.29, 0.717) is 53.8 Å². The molecule has 1 aromatic heterocycles. The number of fused-ring (bicyclic) bond motifs is 1. The summed E-state index contributed by atoms with van der Waals surface area (Å²) in [7, 11) is 0. The Morgan fingerprint density at radius 1 is 0.839 bits per heavy atom. The van der Waals surface area contributed by atoms with E-state index in [1.165, 1.54) is 12.1 Å². The van der Waals surface area contributed by atoms with Crippen LogP contribution in [0.2, 0.25) is 0 Å². The largest absolute Gasteiger partial charge is 0.364 e. The summed E-state index contributed by atoms with van der Waals surface area (Å²) in [5.74, 6) is -1.47. The Balaban J connectivity index is 1.36. The van der Waals surface area contributed by atoms with E-state index in [0.717, 1.165) is 43.9 Å². The van der Waals surface area contributed by atoms with Crippen molar-refractivity contribution in [3.63, 3.8) is 0 Å². The average Bonchev–Trinajstić information content (AvgIpc) is 3.56. The predicted molar refractivity (Wildman–Crippen MR) is 111 cm³/mol. The summed E-state index contributed by atoms with van der Waals surface area (Å²) >= 11 is 0. The van der Waals surface area contributed by atoms with Crippen LogP contribution in [0.1, 0.15) is 31.2 Å². The van der Waals surface area contributed by atoms with Crippen molar-refractivity contribution in [2.24, 2.45) is 5.92 Å². The second kappa shape index (κ2) is 7.98. The fraction of sp³-hybridized carbons (Fsp3) is 0.391. The summed E-state index contributed by atoms with van der Waals surface area (Å²) in [5.41, 5.74) is 1.15. The van der Waals surface area contributed by atoms with Gasteiger partial charge in [-0.3, -0.25) is 0 Å². The summed E-state index contributed by atoms with van der Waals surface area (Å²) in [4.78, 5) is 11.2. The highest BCUT2D eigenvalue weighted by Gasteiger charge is 2.28. The van der Waals surface area contributed by atoms with Gasteiger partial charge in [0.15, 0.2) is 23.3 Å². The molecule has 1 saturated heterocycles. The van der Waals surface area contributed by atoms with Crippen molar-refractivity contribution in [1.29, 1.82) is 0 Å². The molecule has 8 heteroatoms. The molecule has 2 aromatic carbocycles. The van der Waals surface area contributed by atoms with Gasteiger partial charge >= 0.3 is 0 Å². The zero-order valence-corrected chi connectivity index (χ0v) is 16.8. The highest BCUT2D eigenvalue weighted by Crippen LogP contribution is 2.34. The van der Waals surface area contributed by atoms with Crippen molar-refractivity contribution in [1.82, 2.24) is 9.97 Å². The molecule has 5 rings (SSSR count). The molecule has 2 heterocycles. The van der Waals surface area contributed by atoms with Crippen molar-refractivity contribution in [2.75, 3.05) is 23.3 Å². The van der Waals surface area contributed by atoms with Crippen LogP contribution >= 0.6 is 0 Å². The van der Waals surface area contributed by atoms with E-state index in [9.17, 15) is 17.6 Å². The van der Waals surface area contributed by atoms with E-state index in [4.69, 9.17) is 0 Å². The van der Waals surface area contributed by atoms with Gasteiger partial charge in [0.1, 0.15) is 11.6 Å². The number of halogens is 4. The highest BCUT2D eigenvalue weighted by atomic mass is 19.2. The quantitative estimate of drug-likeness (QED) is 0.564. The summed E-state index contributed by atoms with van der Waals surface area (Å²) in [5, 5.41) is 3.36. The molecule has 162 valence electrons. The number of aromatic nitrogens is 2. The Morgan fingerprint density at radius 3 is 2.16 bits per heavy atom. The molecular formula is C23H22F4N4. The summed E-state index contributed by atoms with van der Waals surface area (Å²) < 4.78 is 54.5. The first kappa shape index (κ1) is 20.0.